The van der Waals surface area contributed by atoms with Crippen molar-refractivity contribution in [2.75, 3.05) is 20.6 Å². The predicted molar refractivity (Wildman–Crippen MR) is 90.7 cm³/mol. The van der Waals surface area contributed by atoms with E-state index in [1.807, 2.05) is 32.0 Å². The minimum Gasteiger partial charge on any atom is -0.347 e. The van der Waals surface area contributed by atoms with Crippen molar-refractivity contribution in [1.29, 1.82) is 0 Å². The molecule has 8 heteroatoms. The molecule has 1 atom stereocenters. The van der Waals surface area contributed by atoms with Gasteiger partial charge in [-0.15, -0.1) is 5.10 Å². The standard InChI is InChI=1S/C17H19FN6O/c1-11-7-8-19-17-21-15(22-24(11)17)16(25)20-10-14(23(2)3)12-5-4-6-13(18)9-12/h4-9,14H,10H2,1-3H3,(H,20,25). The number of nitrogens with one attached hydrogen (secondary N) is 1. The summed E-state index contributed by atoms with van der Waals surface area (Å²) in [7, 11) is 3.75. The van der Waals surface area contributed by atoms with Crippen LogP contribution >= 0.6 is 0 Å². The van der Waals surface area contributed by atoms with Crippen LogP contribution in [0.5, 0.6) is 0 Å². The van der Waals surface area contributed by atoms with Gasteiger partial charge in [-0.25, -0.2) is 13.9 Å². The van der Waals surface area contributed by atoms with Crippen molar-refractivity contribution in [2.24, 2.45) is 0 Å². The van der Waals surface area contributed by atoms with E-state index in [-0.39, 0.29) is 17.7 Å². The molecule has 3 rings (SSSR count). The molecule has 2 heterocycles. The molecule has 0 aliphatic heterocycles. The summed E-state index contributed by atoms with van der Waals surface area (Å²) >= 11 is 0. The second kappa shape index (κ2) is 6.94. The SMILES string of the molecule is Cc1ccnc2nc(C(=O)NCC(c3cccc(F)c3)N(C)C)nn12. The molecule has 0 saturated heterocycles. The van der Waals surface area contributed by atoms with Gasteiger partial charge in [0.25, 0.3) is 11.7 Å². The van der Waals surface area contributed by atoms with E-state index < -0.39 is 5.91 Å². The fourth-order valence-corrected chi connectivity index (χ4v) is 2.58. The van der Waals surface area contributed by atoms with Gasteiger partial charge in [-0.3, -0.25) is 4.79 Å². The molecule has 0 bridgehead atoms. The number of benzene rings is 1. The number of halogens is 1. The molecular formula is C17H19FN6O. The molecule has 0 saturated carbocycles. The maximum atomic E-state index is 13.5. The molecule has 130 valence electrons. The van der Waals surface area contributed by atoms with Gasteiger partial charge >= 0.3 is 0 Å². The summed E-state index contributed by atoms with van der Waals surface area (Å²) in [5.74, 6) is -0.273. The Bertz CT molecular complexity index is 907. The van der Waals surface area contributed by atoms with Crippen molar-refractivity contribution < 1.29 is 9.18 Å². The highest BCUT2D eigenvalue weighted by Crippen LogP contribution is 2.18. The van der Waals surface area contributed by atoms with E-state index >= 15 is 0 Å². The number of likely N-dealkylation sites (N-methyl/N-ethyl adjacent to an activating group) is 1. The molecule has 0 fully saturated rings. The lowest BCUT2D eigenvalue weighted by molar-refractivity contribution is 0.0931. The zero-order valence-corrected chi connectivity index (χ0v) is 14.3. The number of hydrogen-bond acceptors (Lipinski definition) is 5. The molecule has 25 heavy (non-hydrogen) atoms. The Morgan fingerprint density at radius 3 is 2.84 bits per heavy atom. The van der Waals surface area contributed by atoms with Crippen LogP contribution in [0.2, 0.25) is 0 Å². The van der Waals surface area contributed by atoms with Crippen LogP contribution in [0, 0.1) is 12.7 Å². The number of rotatable bonds is 5. The predicted octanol–water partition coefficient (Wildman–Crippen LogP) is 1.60. The van der Waals surface area contributed by atoms with Crippen molar-refractivity contribution in [3.63, 3.8) is 0 Å². The van der Waals surface area contributed by atoms with Crippen LogP contribution in [0.4, 0.5) is 4.39 Å². The van der Waals surface area contributed by atoms with E-state index in [9.17, 15) is 9.18 Å². The summed E-state index contributed by atoms with van der Waals surface area (Å²) in [5.41, 5.74) is 1.62. The summed E-state index contributed by atoms with van der Waals surface area (Å²) in [4.78, 5) is 22.5. The van der Waals surface area contributed by atoms with Gasteiger partial charge in [0, 0.05) is 18.4 Å². The van der Waals surface area contributed by atoms with E-state index in [1.54, 1.807) is 18.3 Å². The molecule has 1 unspecified atom stereocenters. The number of carbonyl (C=O) groups excluding carboxylic acids is 1. The van der Waals surface area contributed by atoms with E-state index in [2.05, 4.69) is 20.4 Å². The molecule has 2 aromatic heterocycles. The van der Waals surface area contributed by atoms with Gasteiger partial charge in [0.15, 0.2) is 0 Å². The first-order valence-electron chi connectivity index (χ1n) is 7.84. The minimum absolute atomic E-state index is 0.0542. The number of amides is 1. The first-order chi connectivity index (χ1) is 12.0. The minimum atomic E-state index is -0.395. The van der Waals surface area contributed by atoms with Gasteiger partial charge in [-0.2, -0.15) is 4.98 Å². The number of fused-ring (bicyclic) bond motifs is 1. The van der Waals surface area contributed by atoms with Crippen LogP contribution in [0.3, 0.4) is 0 Å². The summed E-state index contributed by atoms with van der Waals surface area (Å²) in [6.45, 7) is 2.16. The number of aromatic nitrogens is 4. The van der Waals surface area contributed by atoms with Crippen LogP contribution in [-0.2, 0) is 0 Å². The average molecular weight is 342 g/mol. The topological polar surface area (TPSA) is 75.4 Å². The summed E-state index contributed by atoms with van der Waals surface area (Å²) < 4.78 is 15.0. The number of aryl methyl sites for hydroxylation is 1. The normalized spacial score (nSPS) is 12.5. The Hall–Kier alpha value is -2.87. The molecular weight excluding hydrogens is 323 g/mol. The highest BCUT2D eigenvalue weighted by Gasteiger charge is 2.19. The van der Waals surface area contributed by atoms with Gasteiger partial charge in [0.2, 0.25) is 5.82 Å². The Morgan fingerprint density at radius 1 is 1.36 bits per heavy atom. The lowest BCUT2D eigenvalue weighted by Crippen LogP contribution is -2.35. The summed E-state index contributed by atoms with van der Waals surface area (Å²) in [5, 5.41) is 6.99. The maximum absolute atomic E-state index is 13.5. The van der Waals surface area contributed by atoms with Gasteiger partial charge in [-0.05, 0) is 44.8 Å². The Kier molecular flexibility index (Phi) is 4.71. The molecule has 1 N–H and O–H groups in total. The third kappa shape index (κ3) is 3.63. The van der Waals surface area contributed by atoms with Crippen LogP contribution in [0.25, 0.3) is 5.78 Å². The third-order valence-corrected chi connectivity index (χ3v) is 3.95. The van der Waals surface area contributed by atoms with Crippen LogP contribution in [0.15, 0.2) is 36.5 Å². The average Bonchev–Trinajstić information content (AvgIpc) is 3.00. The summed E-state index contributed by atoms with van der Waals surface area (Å²) in [6, 6.07) is 7.96. The third-order valence-electron chi connectivity index (χ3n) is 3.95. The van der Waals surface area contributed by atoms with E-state index in [1.165, 1.54) is 16.6 Å². The molecule has 0 aliphatic carbocycles. The van der Waals surface area contributed by atoms with Gasteiger partial charge in [0.1, 0.15) is 5.82 Å². The van der Waals surface area contributed by atoms with E-state index in [0.717, 1.165) is 11.3 Å². The second-order valence-electron chi connectivity index (χ2n) is 5.98. The highest BCUT2D eigenvalue weighted by molar-refractivity contribution is 5.90. The molecule has 7 nitrogen and oxygen atoms in total. The fraction of sp³-hybridized carbons (Fsp3) is 0.294. The lowest BCUT2D eigenvalue weighted by atomic mass is 10.1. The second-order valence-corrected chi connectivity index (χ2v) is 5.98. The number of hydrogen-bond donors (Lipinski definition) is 1. The van der Waals surface area contributed by atoms with Crippen molar-refractivity contribution in [3.8, 4) is 0 Å². The van der Waals surface area contributed by atoms with E-state index in [4.69, 9.17) is 0 Å². The Labute approximate surface area is 144 Å². The van der Waals surface area contributed by atoms with Gasteiger partial charge in [-0.1, -0.05) is 12.1 Å². The lowest BCUT2D eigenvalue weighted by Gasteiger charge is -2.24. The number of carbonyl (C=O) groups is 1. The molecule has 0 aliphatic rings. The van der Waals surface area contributed by atoms with Crippen LogP contribution < -0.4 is 5.32 Å². The van der Waals surface area contributed by atoms with Crippen molar-refractivity contribution >= 4 is 11.7 Å². The largest absolute Gasteiger partial charge is 0.347 e. The van der Waals surface area contributed by atoms with Crippen LogP contribution in [-0.4, -0.2) is 51.0 Å². The zero-order chi connectivity index (χ0) is 18.0. The molecule has 3 aromatic rings. The first kappa shape index (κ1) is 17.0. The zero-order valence-electron chi connectivity index (χ0n) is 14.3. The van der Waals surface area contributed by atoms with Gasteiger partial charge < -0.3 is 10.2 Å². The molecule has 1 amide bonds. The molecule has 0 spiro atoms. The Balaban J connectivity index is 1.76. The summed E-state index contributed by atoms with van der Waals surface area (Å²) in [6.07, 6.45) is 1.62. The number of nitrogens with zero attached hydrogens (tertiary/aromatic N) is 5. The van der Waals surface area contributed by atoms with Crippen LogP contribution in [0.1, 0.15) is 27.9 Å². The van der Waals surface area contributed by atoms with Crippen molar-refractivity contribution in [3.05, 3.63) is 59.4 Å². The van der Waals surface area contributed by atoms with Gasteiger partial charge in [0.05, 0.1) is 6.04 Å². The Morgan fingerprint density at radius 2 is 2.16 bits per heavy atom. The highest BCUT2D eigenvalue weighted by atomic mass is 19.1. The van der Waals surface area contributed by atoms with Crippen molar-refractivity contribution in [2.45, 2.75) is 13.0 Å². The molecule has 1 aromatic carbocycles. The molecule has 0 radical (unpaired) electrons. The smallest absolute Gasteiger partial charge is 0.291 e. The monoisotopic (exact) mass is 342 g/mol. The first-order valence-corrected chi connectivity index (χ1v) is 7.84. The fourth-order valence-electron chi connectivity index (χ4n) is 2.58. The van der Waals surface area contributed by atoms with E-state index in [0.29, 0.717) is 12.3 Å². The maximum Gasteiger partial charge on any atom is 0.291 e. The van der Waals surface area contributed by atoms with Crippen molar-refractivity contribution in [1.82, 2.24) is 29.8 Å². The quantitative estimate of drug-likeness (QED) is 0.762.